The Bertz CT molecular complexity index is 392. The van der Waals surface area contributed by atoms with Crippen LogP contribution in [0, 0.1) is 5.41 Å². The van der Waals surface area contributed by atoms with Gasteiger partial charge in [-0.05, 0) is 55.2 Å². The first-order chi connectivity index (χ1) is 8.97. The molecule has 1 aromatic rings. The van der Waals surface area contributed by atoms with E-state index in [2.05, 4.69) is 18.8 Å². The molecule has 2 rings (SSSR count). The van der Waals surface area contributed by atoms with E-state index in [4.69, 9.17) is 10.5 Å². The number of hydrogen-bond acceptors (Lipinski definition) is 3. The molecule has 1 aliphatic rings. The Kier molecular flexibility index (Phi) is 4.26. The first-order valence-electron chi connectivity index (χ1n) is 7.17. The lowest BCUT2D eigenvalue weighted by Gasteiger charge is -2.46. The molecule has 0 aliphatic heterocycles. The van der Waals surface area contributed by atoms with E-state index in [0.29, 0.717) is 5.41 Å². The predicted octanol–water partition coefficient (Wildman–Crippen LogP) is 2.94. The molecule has 1 saturated carbocycles. The van der Waals surface area contributed by atoms with Gasteiger partial charge in [0.1, 0.15) is 0 Å². The van der Waals surface area contributed by atoms with Gasteiger partial charge < -0.3 is 10.5 Å². The molecule has 1 heterocycles. The predicted molar refractivity (Wildman–Crippen MR) is 77.9 cm³/mol. The number of nitrogens with two attached hydrogens (primary N) is 1. The van der Waals surface area contributed by atoms with Gasteiger partial charge in [0.2, 0.25) is 0 Å². The van der Waals surface area contributed by atoms with Crippen LogP contribution in [0.4, 0.5) is 0 Å². The number of methoxy groups -OCH3 is 1. The van der Waals surface area contributed by atoms with Crippen molar-refractivity contribution in [2.75, 3.05) is 7.11 Å². The standard InChI is InChI=1S/C16H26N2O/c1-15(2)6-8-16(19-3,9-7-15)14(17)12-13-4-10-18-11-5-13/h4-5,10-11,14H,6-9,12,17H2,1-3H3. The van der Waals surface area contributed by atoms with Crippen LogP contribution >= 0.6 is 0 Å². The zero-order valence-electron chi connectivity index (χ0n) is 12.4. The van der Waals surface area contributed by atoms with E-state index in [1.54, 1.807) is 0 Å². The van der Waals surface area contributed by atoms with Crippen molar-refractivity contribution in [3.63, 3.8) is 0 Å². The first kappa shape index (κ1) is 14.5. The van der Waals surface area contributed by atoms with Gasteiger partial charge >= 0.3 is 0 Å². The molecule has 1 aliphatic carbocycles. The summed E-state index contributed by atoms with van der Waals surface area (Å²) in [6, 6.07) is 4.13. The number of ether oxygens (including phenoxy) is 1. The van der Waals surface area contributed by atoms with E-state index in [0.717, 1.165) is 19.3 Å². The second kappa shape index (κ2) is 5.59. The summed E-state index contributed by atoms with van der Waals surface area (Å²) in [5.74, 6) is 0. The molecule has 3 heteroatoms. The van der Waals surface area contributed by atoms with Crippen molar-refractivity contribution in [3.05, 3.63) is 30.1 Å². The Morgan fingerprint density at radius 3 is 2.32 bits per heavy atom. The summed E-state index contributed by atoms with van der Waals surface area (Å²) in [6.07, 6.45) is 9.00. The summed E-state index contributed by atoms with van der Waals surface area (Å²) in [6.45, 7) is 4.67. The highest BCUT2D eigenvalue weighted by Gasteiger charge is 2.42. The summed E-state index contributed by atoms with van der Waals surface area (Å²) in [7, 11) is 1.81. The number of nitrogens with zero attached hydrogens (tertiary/aromatic N) is 1. The van der Waals surface area contributed by atoms with Crippen molar-refractivity contribution in [3.8, 4) is 0 Å². The van der Waals surface area contributed by atoms with Gasteiger partial charge in [-0.25, -0.2) is 0 Å². The average Bonchev–Trinajstić information content (AvgIpc) is 2.40. The van der Waals surface area contributed by atoms with Gasteiger partial charge in [0.15, 0.2) is 0 Å². The lowest BCUT2D eigenvalue weighted by molar-refractivity contribution is -0.0781. The molecule has 3 nitrogen and oxygen atoms in total. The summed E-state index contributed by atoms with van der Waals surface area (Å²) >= 11 is 0. The van der Waals surface area contributed by atoms with Gasteiger partial charge in [0.05, 0.1) is 5.60 Å². The van der Waals surface area contributed by atoms with Gasteiger partial charge in [0.25, 0.3) is 0 Å². The van der Waals surface area contributed by atoms with E-state index in [1.807, 2.05) is 31.6 Å². The van der Waals surface area contributed by atoms with E-state index in [9.17, 15) is 0 Å². The van der Waals surface area contributed by atoms with Crippen molar-refractivity contribution in [1.29, 1.82) is 0 Å². The minimum Gasteiger partial charge on any atom is -0.377 e. The summed E-state index contributed by atoms with van der Waals surface area (Å²) < 4.78 is 5.87. The summed E-state index contributed by atoms with van der Waals surface area (Å²) in [5.41, 5.74) is 7.98. The Labute approximate surface area is 116 Å². The normalized spacial score (nSPS) is 22.9. The third-order valence-electron chi connectivity index (χ3n) is 4.74. The number of rotatable bonds is 4. The molecule has 1 fully saturated rings. The monoisotopic (exact) mass is 262 g/mol. The molecule has 106 valence electrons. The minimum absolute atomic E-state index is 0.0519. The molecule has 0 bridgehead atoms. The highest BCUT2D eigenvalue weighted by atomic mass is 16.5. The SMILES string of the molecule is COC1(C(N)Cc2ccncc2)CCC(C)(C)CC1. The molecule has 1 aromatic heterocycles. The molecule has 19 heavy (non-hydrogen) atoms. The van der Waals surface area contributed by atoms with Gasteiger partial charge in [-0.15, -0.1) is 0 Å². The number of pyridine rings is 1. The van der Waals surface area contributed by atoms with Crippen molar-refractivity contribution < 1.29 is 4.74 Å². The Balaban J connectivity index is 2.05. The maximum atomic E-state index is 6.47. The van der Waals surface area contributed by atoms with Crippen LogP contribution in [-0.2, 0) is 11.2 Å². The van der Waals surface area contributed by atoms with Crippen LogP contribution < -0.4 is 5.73 Å². The zero-order valence-corrected chi connectivity index (χ0v) is 12.4. The second-order valence-corrected chi connectivity index (χ2v) is 6.60. The summed E-state index contributed by atoms with van der Waals surface area (Å²) in [4.78, 5) is 4.05. The Hall–Kier alpha value is -0.930. The topological polar surface area (TPSA) is 48.1 Å². The molecule has 0 radical (unpaired) electrons. The van der Waals surface area contributed by atoms with Gasteiger partial charge in [0, 0.05) is 25.5 Å². The zero-order chi connectivity index (χ0) is 13.9. The minimum atomic E-state index is -0.154. The lowest BCUT2D eigenvalue weighted by Crippen LogP contribution is -2.53. The lowest BCUT2D eigenvalue weighted by atomic mass is 9.68. The van der Waals surface area contributed by atoms with Crippen LogP contribution in [0.15, 0.2) is 24.5 Å². The maximum Gasteiger partial charge on any atom is 0.0832 e. The Morgan fingerprint density at radius 1 is 1.21 bits per heavy atom. The van der Waals surface area contributed by atoms with Crippen molar-refractivity contribution >= 4 is 0 Å². The molecule has 0 saturated heterocycles. The molecular weight excluding hydrogens is 236 g/mol. The van der Waals surface area contributed by atoms with Crippen molar-refractivity contribution in [2.45, 2.75) is 57.6 Å². The average molecular weight is 262 g/mol. The fourth-order valence-corrected chi connectivity index (χ4v) is 3.04. The van der Waals surface area contributed by atoms with Crippen molar-refractivity contribution in [2.24, 2.45) is 11.1 Å². The fraction of sp³-hybridized carbons (Fsp3) is 0.688. The summed E-state index contributed by atoms with van der Waals surface area (Å²) in [5, 5.41) is 0. The third-order valence-corrected chi connectivity index (χ3v) is 4.74. The number of hydrogen-bond donors (Lipinski definition) is 1. The van der Waals surface area contributed by atoms with Gasteiger partial charge in [-0.1, -0.05) is 13.8 Å². The van der Waals surface area contributed by atoms with E-state index < -0.39 is 0 Å². The highest BCUT2D eigenvalue weighted by Crippen LogP contribution is 2.43. The van der Waals surface area contributed by atoms with E-state index in [-0.39, 0.29) is 11.6 Å². The molecule has 0 spiro atoms. The van der Waals surface area contributed by atoms with Gasteiger partial charge in [-0.3, -0.25) is 4.98 Å². The van der Waals surface area contributed by atoms with Crippen LogP contribution in [0.1, 0.15) is 45.1 Å². The third kappa shape index (κ3) is 3.34. The maximum absolute atomic E-state index is 6.47. The van der Waals surface area contributed by atoms with Crippen LogP contribution in [0.5, 0.6) is 0 Å². The van der Waals surface area contributed by atoms with Crippen LogP contribution in [-0.4, -0.2) is 23.7 Å². The Morgan fingerprint density at radius 2 is 1.79 bits per heavy atom. The fourth-order valence-electron chi connectivity index (χ4n) is 3.04. The van der Waals surface area contributed by atoms with Crippen LogP contribution in [0.2, 0.25) is 0 Å². The van der Waals surface area contributed by atoms with Gasteiger partial charge in [-0.2, -0.15) is 0 Å². The molecule has 1 atom stereocenters. The van der Waals surface area contributed by atoms with E-state index in [1.165, 1.54) is 18.4 Å². The quantitative estimate of drug-likeness (QED) is 0.907. The molecule has 0 aromatic carbocycles. The molecule has 1 unspecified atom stereocenters. The molecule has 0 amide bonds. The molecule has 2 N–H and O–H groups in total. The molecular formula is C16H26N2O. The van der Waals surface area contributed by atoms with Crippen LogP contribution in [0.25, 0.3) is 0 Å². The van der Waals surface area contributed by atoms with E-state index >= 15 is 0 Å². The largest absolute Gasteiger partial charge is 0.377 e. The second-order valence-electron chi connectivity index (χ2n) is 6.60. The first-order valence-corrected chi connectivity index (χ1v) is 7.17. The highest BCUT2D eigenvalue weighted by molar-refractivity contribution is 5.13. The smallest absolute Gasteiger partial charge is 0.0832 e. The van der Waals surface area contributed by atoms with Crippen LogP contribution in [0.3, 0.4) is 0 Å². The number of aromatic nitrogens is 1. The van der Waals surface area contributed by atoms with Crippen molar-refractivity contribution in [1.82, 2.24) is 4.98 Å².